The van der Waals surface area contributed by atoms with Gasteiger partial charge in [-0.25, -0.2) is 0 Å². The summed E-state index contributed by atoms with van der Waals surface area (Å²) in [5.74, 6) is 0. The van der Waals surface area contributed by atoms with Crippen molar-refractivity contribution in [3.05, 3.63) is 48.5 Å². The molecule has 0 radical (unpaired) electrons. The molecule has 1 aliphatic rings. The zero-order chi connectivity index (χ0) is 38.8. The van der Waals surface area contributed by atoms with Crippen molar-refractivity contribution in [3.63, 3.8) is 0 Å². The van der Waals surface area contributed by atoms with E-state index >= 15 is 0 Å². The first kappa shape index (κ1) is 45.9. The van der Waals surface area contributed by atoms with Gasteiger partial charge in [-0.3, -0.25) is 0 Å². The molecule has 20 heteroatoms. The molecule has 0 amide bonds. The molecule has 2 aromatic rings. The number of quaternary nitrogens is 2. The number of benzene rings is 2. The van der Waals surface area contributed by atoms with Crippen LogP contribution in [0.25, 0.3) is 0 Å². The van der Waals surface area contributed by atoms with Crippen LogP contribution in [0.1, 0.15) is 38.5 Å². The summed E-state index contributed by atoms with van der Waals surface area (Å²) in [5, 5.41) is 18.4. The molecule has 2 N–H and O–H groups in total. The van der Waals surface area contributed by atoms with Crippen molar-refractivity contribution in [2.75, 3.05) is 90.5 Å². The van der Waals surface area contributed by atoms with Gasteiger partial charge in [-0.2, -0.15) is 0 Å². The van der Waals surface area contributed by atoms with Gasteiger partial charge in [0, 0.05) is 39.1 Å². The first-order valence-corrected chi connectivity index (χ1v) is 20.0. The average molecular weight is 789 g/mol. The Bertz CT molecular complexity index is 1190. The summed E-state index contributed by atoms with van der Waals surface area (Å²) >= 11 is 0. The average Bonchev–Trinajstić information content (AvgIpc) is 2.92. The van der Waals surface area contributed by atoms with Crippen LogP contribution < -0.4 is 9.80 Å². The number of aliphatic hydroxyl groups is 2. The second-order valence-corrected chi connectivity index (χ2v) is 17.4. The monoisotopic (exact) mass is 788 g/mol. The van der Waals surface area contributed by atoms with Crippen molar-refractivity contribution in [3.8, 4) is 0 Å². The summed E-state index contributed by atoms with van der Waals surface area (Å²) in [6, 6.07) is 17.7. The summed E-state index contributed by atoms with van der Waals surface area (Å²) in [6.45, 7) is 6.90. The number of rotatable bonds is 16. The number of anilines is 4. The molecule has 0 aromatic heterocycles. The standard InChI is InChI=1S/C30H50N4O2.2F6P/c1-33(2,23-13-25-35)21-11-9-19-31-27-15-5-7-17-29(27)32(30-18-8-6-16-28(30)31)20-10-12-22-34(3,4)24-14-26-36;2*1-7(2,3,4,5)6/h5-8,15-18,35-36H,9-14,19-26H2,1-4H3;;/q+2;2*-1. The quantitative estimate of drug-likeness (QED) is 0.0770. The molecule has 3 rings (SSSR count). The molecule has 0 unspecified atom stereocenters. The van der Waals surface area contributed by atoms with Crippen LogP contribution in [0.3, 0.4) is 0 Å². The molecule has 1 aliphatic heterocycles. The Morgan fingerprint density at radius 3 is 0.880 bits per heavy atom. The van der Waals surface area contributed by atoms with E-state index in [4.69, 9.17) is 0 Å². The molecule has 0 atom stereocenters. The summed E-state index contributed by atoms with van der Waals surface area (Å²) in [4.78, 5) is 5.04. The van der Waals surface area contributed by atoms with Crippen LogP contribution in [0.15, 0.2) is 48.5 Å². The molecule has 0 bridgehead atoms. The third-order valence-corrected chi connectivity index (χ3v) is 7.56. The van der Waals surface area contributed by atoms with E-state index in [2.05, 4.69) is 86.5 Å². The fraction of sp³-hybridized carbons (Fsp3) is 0.600. The molecule has 0 saturated carbocycles. The number of halogens is 12. The van der Waals surface area contributed by atoms with Crippen LogP contribution >= 0.6 is 15.6 Å². The normalized spacial score (nSPS) is 16.3. The topological polar surface area (TPSA) is 46.9 Å². The zero-order valence-electron chi connectivity index (χ0n) is 28.6. The predicted molar refractivity (Wildman–Crippen MR) is 180 cm³/mol. The van der Waals surface area contributed by atoms with Crippen LogP contribution in [0, 0.1) is 0 Å². The van der Waals surface area contributed by atoms with Gasteiger partial charge >= 0.3 is 66.0 Å². The maximum atomic E-state index is 9.87. The maximum absolute atomic E-state index is 10.7. The van der Waals surface area contributed by atoms with E-state index in [0.717, 1.165) is 73.9 Å². The van der Waals surface area contributed by atoms with Crippen LogP contribution in [-0.4, -0.2) is 99.9 Å². The van der Waals surface area contributed by atoms with Crippen molar-refractivity contribution < 1.29 is 69.5 Å². The van der Waals surface area contributed by atoms with Crippen LogP contribution in [0.4, 0.5) is 73.1 Å². The van der Waals surface area contributed by atoms with Gasteiger partial charge in [0.1, 0.15) is 0 Å². The third-order valence-electron chi connectivity index (χ3n) is 7.56. The Balaban J connectivity index is 0.000000748. The van der Waals surface area contributed by atoms with E-state index < -0.39 is 15.6 Å². The van der Waals surface area contributed by atoms with E-state index in [1.807, 2.05) is 0 Å². The van der Waals surface area contributed by atoms with E-state index in [1.165, 1.54) is 35.6 Å². The molecule has 296 valence electrons. The number of hydrogen-bond acceptors (Lipinski definition) is 4. The van der Waals surface area contributed by atoms with Gasteiger partial charge in [-0.05, 0) is 49.9 Å². The first-order valence-electron chi connectivity index (χ1n) is 15.9. The molecular weight excluding hydrogens is 738 g/mol. The third kappa shape index (κ3) is 24.2. The predicted octanol–water partition coefficient (Wildman–Crippen LogP) is 11.5. The van der Waals surface area contributed by atoms with Gasteiger partial charge in [-0.15, -0.1) is 0 Å². The van der Waals surface area contributed by atoms with Gasteiger partial charge in [0.05, 0.1) is 77.1 Å². The van der Waals surface area contributed by atoms with Gasteiger partial charge in [-0.1, -0.05) is 24.3 Å². The summed E-state index contributed by atoms with van der Waals surface area (Å²) in [6.07, 6.45) is 6.37. The van der Waals surface area contributed by atoms with Gasteiger partial charge < -0.3 is 29.0 Å². The number of unbranched alkanes of at least 4 members (excludes halogenated alkanes) is 2. The fourth-order valence-corrected chi connectivity index (χ4v) is 5.42. The van der Waals surface area contributed by atoms with Crippen molar-refractivity contribution in [2.24, 2.45) is 0 Å². The van der Waals surface area contributed by atoms with E-state index in [1.54, 1.807) is 0 Å². The van der Waals surface area contributed by atoms with Gasteiger partial charge in [0.25, 0.3) is 0 Å². The second-order valence-electron chi connectivity index (χ2n) is 13.5. The molecule has 0 aliphatic carbocycles. The van der Waals surface area contributed by atoms with Crippen molar-refractivity contribution >= 4 is 38.4 Å². The Labute approximate surface area is 285 Å². The first-order chi connectivity index (χ1) is 22.2. The Morgan fingerprint density at radius 2 is 0.660 bits per heavy atom. The Morgan fingerprint density at radius 1 is 0.440 bits per heavy atom. The molecular formula is C30H50F12N4O2P2. The zero-order valence-corrected chi connectivity index (χ0v) is 30.4. The SMILES string of the molecule is C[N+](C)(CCCO)CCCCN1c2ccccc2N(CCCC[N+](C)(C)CCCO)c2ccccc21.F[P-](F)(F)(F)(F)F.F[P-](F)(F)(F)(F)F. The number of hydrogen-bond donors (Lipinski definition) is 2. The van der Waals surface area contributed by atoms with Crippen molar-refractivity contribution in [1.82, 2.24) is 0 Å². The number of para-hydroxylation sites is 4. The summed E-state index contributed by atoms with van der Waals surface area (Å²) in [5.41, 5.74) is 5.24. The Hall–Kier alpha value is -2.10. The Kier molecular flexibility index (Phi) is 14.2. The molecule has 6 nitrogen and oxygen atoms in total. The molecule has 0 spiro atoms. The number of nitrogens with zero attached hydrogens (tertiary/aromatic N) is 4. The molecule has 0 saturated heterocycles. The summed E-state index contributed by atoms with van der Waals surface area (Å²) < 4.78 is 120. The van der Waals surface area contributed by atoms with E-state index in [9.17, 15) is 60.6 Å². The van der Waals surface area contributed by atoms with Gasteiger partial charge in [0.15, 0.2) is 0 Å². The number of fused-ring (bicyclic) bond motifs is 2. The van der Waals surface area contributed by atoms with E-state index in [-0.39, 0.29) is 13.2 Å². The number of aliphatic hydroxyl groups excluding tert-OH is 2. The van der Waals surface area contributed by atoms with Crippen molar-refractivity contribution in [2.45, 2.75) is 38.5 Å². The van der Waals surface area contributed by atoms with Crippen LogP contribution in [0.2, 0.25) is 0 Å². The van der Waals surface area contributed by atoms with Gasteiger partial charge in [0.2, 0.25) is 0 Å². The minimum atomic E-state index is -10.7. The molecule has 50 heavy (non-hydrogen) atoms. The molecule has 2 aromatic carbocycles. The molecule has 1 heterocycles. The summed E-state index contributed by atoms with van der Waals surface area (Å²) in [7, 11) is -12.2. The second kappa shape index (κ2) is 15.5. The van der Waals surface area contributed by atoms with Crippen molar-refractivity contribution in [1.29, 1.82) is 0 Å². The van der Waals surface area contributed by atoms with Crippen LogP contribution in [-0.2, 0) is 0 Å². The fourth-order valence-electron chi connectivity index (χ4n) is 5.42. The minimum absolute atomic E-state index is 0.278. The van der Waals surface area contributed by atoms with E-state index in [0.29, 0.717) is 0 Å². The molecule has 0 fully saturated rings. The van der Waals surface area contributed by atoms with Crippen LogP contribution in [0.5, 0.6) is 0 Å².